The van der Waals surface area contributed by atoms with Crippen LogP contribution >= 0.6 is 0 Å². The summed E-state index contributed by atoms with van der Waals surface area (Å²) in [7, 11) is 0. The number of ether oxygens (including phenoxy) is 1. The van der Waals surface area contributed by atoms with E-state index in [-0.39, 0.29) is 5.78 Å². The van der Waals surface area contributed by atoms with Gasteiger partial charge in [0.05, 0.1) is 0 Å². The molecule has 1 atom stereocenters. The monoisotopic (exact) mass is 222 g/mol. The quantitative estimate of drug-likeness (QED) is 0.702. The van der Waals surface area contributed by atoms with Gasteiger partial charge in [0.2, 0.25) is 11.5 Å². The standard InChI is InChI=1S/C13H18O3/c1-2-3-4-5-6-8-13(15)9-7-10-11(16-10)12(13)14/h7,9,15H,2-6,8H2,1H3. The van der Waals surface area contributed by atoms with Crippen LogP contribution in [0.5, 0.6) is 0 Å². The van der Waals surface area contributed by atoms with Crippen LogP contribution in [0.15, 0.2) is 23.7 Å². The van der Waals surface area contributed by atoms with E-state index in [1.807, 2.05) is 0 Å². The summed E-state index contributed by atoms with van der Waals surface area (Å²) in [4.78, 5) is 11.7. The van der Waals surface area contributed by atoms with Crippen LogP contribution in [0.4, 0.5) is 0 Å². The van der Waals surface area contributed by atoms with Gasteiger partial charge in [-0.3, -0.25) is 4.79 Å². The molecule has 3 nitrogen and oxygen atoms in total. The Morgan fingerprint density at radius 1 is 1.31 bits per heavy atom. The van der Waals surface area contributed by atoms with Crippen molar-refractivity contribution in [1.29, 1.82) is 0 Å². The van der Waals surface area contributed by atoms with Crippen LogP contribution in [0.2, 0.25) is 0 Å². The number of rotatable bonds is 6. The largest absolute Gasteiger partial charge is 0.445 e. The Bertz CT molecular complexity index is 354. The van der Waals surface area contributed by atoms with Crippen molar-refractivity contribution >= 4 is 5.78 Å². The SMILES string of the molecule is CCCCCCCC1(O)C=CC2=C(O2)C1=O. The van der Waals surface area contributed by atoms with Gasteiger partial charge in [-0.1, -0.05) is 32.6 Å². The minimum atomic E-state index is -1.30. The van der Waals surface area contributed by atoms with Gasteiger partial charge in [0.25, 0.3) is 0 Å². The summed E-state index contributed by atoms with van der Waals surface area (Å²) in [6.07, 6.45) is 9.33. The van der Waals surface area contributed by atoms with Gasteiger partial charge in [-0.25, -0.2) is 0 Å². The maximum Gasteiger partial charge on any atom is 0.237 e. The van der Waals surface area contributed by atoms with E-state index in [0.29, 0.717) is 17.9 Å². The average Bonchev–Trinajstić information content (AvgIpc) is 3.04. The van der Waals surface area contributed by atoms with E-state index in [4.69, 9.17) is 4.74 Å². The number of hydrogen-bond donors (Lipinski definition) is 1. The minimum absolute atomic E-state index is 0.263. The molecule has 0 aromatic carbocycles. The zero-order chi connectivity index (χ0) is 11.6. The number of unbranched alkanes of at least 4 members (excludes halogenated alkanes) is 4. The minimum Gasteiger partial charge on any atom is -0.445 e. The van der Waals surface area contributed by atoms with Gasteiger partial charge >= 0.3 is 0 Å². The first-order chi connectivity index (χ1) is 7.67. The second-order valence-electron chi connectivity index (χ2n) is 4.55. The van der Waals surface area contributed by atoms with Gasteiger partial charge in [-0.15, -0.1) is 0 Å². The highest BCUT2D eigenvalue weighted by molar-refractivity contribution is 6.06. The van der Waals surface area contributed by atoms with Crippen LogP contribution in [0.3, 0.4) is 0 Å². The topological polar surface area (TPSA) is 49.8 Å². The fraction of sp³-hybridized carbons (Fsp3) is 0.615. The number of ketones is 1. The van der Waals surface area contributed by atoms with Gasteiger partial charge in [0.15, 0.2) is 5.76 Å². The molecule has 0 spiro atoms. The molecule has 1 aliphatic carbocycles. The van der Waals surface area contributed by atoms with Gasteiger partial charge < -0.3 is 9.84 Å². The number of aliphatic hydroxyl groups is 1. The molecule has 2 rings (SSSR count). The Balaban J connectivity index is 1.78. The van der Waals surface area contributed by atoms with Crippen LogP contribution in [0.25, 0.3) is 0 Å². The molecule has 1 heterocycles. The third-order valence-electron chi connectivity index (χ3n) is 3.17. The molecule has 0 saturated heterocycles. The number of carbonyl (C=O) groups is 1. The van der Waals surface area contributed by atoms with Crippen molar-refractivity contribution in [2.75, 3.05) is 0 Å². The van der Waals surface area contributed by atoms with Crippen molar-refractivity contribution in [1.82, 2.24) is 0 Å². The Morgan fingerprint density at radius 3 is 2.81 bits per heavy atom. The lowest BCUT2D eigenvalue weighted by Gasteiger charge is -2.21. The number of carbonyl (C=O) groups excluding carboxylic acids is 1. The van der Waals surface area contributed by atoms with E-state index in [1.54, 1.807) is 12.2 Å². The fourth-order valence-corrected chi connectivity index (χ4v) is 2.03. The van der Waals surface area contributed by atoms with Crippen LogP contribution in [-0.4, -0.2) is 16.5 Å². The molecule has 0 bridgehead atoms. The van der Waals surface area contributed by atoms with Crippen molar-refractivity contribution in [3.8, 4) is 0 Å². The van der Waals surface area contributed by atoms with E-state index in [1.165, 1.54) is 19.3 Å². The second-order valence-corrected chi connectivity index (χ2v) is 4.55. The summed E-state index contributed by atoms with van der Waals surface area (Å²) in [6.45, 7) is 2.17. The number of Topliss-reactive ketones (excluding diaryl/α,β-unsaturated/α-hetero) is 1. The van der Waals surface area contributed by atoms with Crippen molar-refractivity contribution in [2.24, 2.45) is 0 Å². The lowest BCUT2D eigenvalue weighted by Crippen LogP contribution is -2.36. The molecule has 1 aliphatic heterocycles. The number of allylic oxidation sites excluding steroid dienone is 1. The highest BCUT2D eigenvalue weighted by Crippen LogP contribution is 2.38. The molecular weight excluding hydrogens is 204 g/mol. The van der Waals surface area contributed by atoms with Gasteiger partial charge in [-0.05, 0) is 25.0 Å². The Morgan fingerprint density at radius 2 is 2.06 bits per heavy atom. The van der Waals surface area contributed by atoms with E-state index in [2.05, 4.69) is 6.92 Å². The summed E-state index contributed by atoms with van der Waals surface area (Å²) in [6, 6.07) is 0. The molecule has 1 unspecified atom stereocenters. The Labute approximate surface area is 95.8 Å². The molecular formula is C13H18O3. The van der Waals surface area contributed by atoms with Gasteiger partial charge in [-0.2, -0.15) is 0 Å². The molecule has 0 saturated carbocycles. The van der Waals surface area contributed by atoms with Gasteiger partial charge in [0, 0.05) is 0 Å². The smallest absolute Gasteiger partial charge is 0.237 e. The lowest BCUT2D eigenvalue weighted by molar-refractivity contribution is -0.130. The summed E-state index contributed by atoms with van der Waals surface area (Å²) in [5.74, 6) is 0.722. The van der Waals surface area contributed by atoms with E-state index in [9.17, 15) is 9.90 Å². The molecule has 0 amide bonds. The van der Waals surface area contributed by atoms with Crippen molar-refractivity contribution in [2.45, 2.75) is 51.0 Å². The lowest BCUT2D eigenvalue weighted by atomic mass is 9.88. The normalized spacial score (nSPS) is 26.8. The van der Waals surface area contributed by atoms with Gasteiger partial charge in [0.1, 0.15) is 5.60 Å². The predicted octanol–water partition coefficient (Wildman–Crippen LogP) is 2.46. The molecule has 1 N–H and O–H groups in total. The molecule has 16 heavy (non-hydrogen) atoms. The van der Waals surface area contributed by atoms with Crippen LogP contribution in [-0.2, 0) is 9.53 Å². The molecule has 88 valence electrons. The maximum absolute atomic E-state index is 11.7. The Hall–Kier alpha value is -1.09. The van der Waals surface area contributed by atoms with Crippen molar-refractivity contribution < 1.29 is 14.6 Å². The first-order valence-electron chi connectivity index (χ1n) is 6.06. The molecule has 0 fully saturated rings. The fourth-order valence-electron chi connectivity index (χ4n) is 2.03. The first kappa shape index (κ1) is 11.4. The molecule has 2 aliphatic rings. The number of hydrogen-bond acceptors (Lipinski definition) is 3. The van der Waals surface area contributed by atoms with Crippen molar-refractivity contribution in [3.63, 3.8) is 0 Å². The van der Waals surface area contributed by atoms with Crippen LogP contribution < -0.4 is 0 Å². The molecule has 3 heteroatoms. The molecule has 0 aromatic rings. The van der Waals surface area contributed by atoms with E-state index in [0.717, 1.165) is 12.8 Å². The zero-order valence-electron chi connectivity index (χ0n) is 9.66. The predicted molar refractivity (Wildman–Crippen MR) is 60.6 cm³/mol. The Kier molecular flexibility index (Phi) is 3.15. The first-order valence-corrected chi connectivity index (χ1v) is 6.06. The summed E-state index contributed by atoms with van der Waals surface area (Å²) in [5, 5.41) is 10.1. The summed E-state index contributed by atoms with van der Waals surface area (Å²) >= 11 is 0. The summed E-state index contributed by atoms with van der Waals surface area (Å²) < 4.78 is 4.97. The van der Waals surface area contributed by atoms with E-state index < -0.39 is 5.60 Å². The van der Waals surface area contributed by atoms with Crippen molar-refractivity contribution in [3.05, 3.63) is 23.7 Å². The molecule has 0 radical (unpaired) electrons. The summed E-state index contributed by atoms with van der Waals surface area (Å²) in [5.41, 5.74) is -1.30. The van der Waals surface area contributed by atoms with E-state index >= 15 is 0 Å². The third kappa shape index (κ3) is 2.19. The third-order valence-corrected chi connectivity index (χ3v) is 3.17. The van der Waals surface area contributed by atoms with Crippen LogP contribution in [0, 0.1) is 0 Å². The second kappa shape index (κ2) is 4.42. The maximum atomic E-state index is 11.7. The zero-order valence-corrected chi connectivity index (χ0v) is 9.66. The average molecular weight is 222 g/mol. The van der Waals surface area contributed by atoms with Crippen LogP contribution in [0.1, 0.15) is 45.4 Å². The highest BCUT2D eigenvalue weighted by atomic mass is 16.6. The molecule has 0 aromatic heterocycles. The highest BCUT2D eigenvalue weighted by Gasteiger charge is 2.46.